The Kier molecular flexibility index (Phi) is 6.83. The standard InChI is InChI=1S/C19H21NO5/c1-14-4-3-5-17(12-14)24-10-11-25-18(21)13-20-19(22)15-6-8-16(23-2)9-7-15/h3-9,12H,10-11,13H2,1-2H3,(H,20,22). The Balaban J connectivity index is 1.65. The summed E-state index contributed by atoms with van der Waals surface area (Å²) in [7, 11) is 1.55. The highest BCUT2D eigenvalue weighted by Gasteiger charge is 2.09. The van der Waals surface area contributed by atoms with Gasteiger partial charge in [-0.2, -0.15) is 0 Å². The van der Waals surface area contributed by atoms with Gasteiger partial charge in [0.05, 0.1) is 7.11 Å². The minimum atomic E-state index is -0.519. The van der Waals surface area contributed by atoms with Crippen molar-refractivity contribution in [3.63, 3.8) is 0 Å². The number of carbonyl (C=O) groups is 2. The van der Waals surface area contributed by atoms with Crippen LogP contribution in [0.4, 0.5) is 0 Å². The Bertz CT molecular complexity index is 712. The molecule has 0 spiro atoms. The first-order chi connectivity index (χ1) is 12.1. The number of benzene rings is 2. The molecule has 1 amide bonds. The van der Waals surface area contributed by atoms with Gasteiger partial charge in [-0.3, -0.25) is 9.59 Å². The molecule has 6 nitrogen and oxygen atoms in total. The molecule has 0 unspecified atom stereocenters. The fourth-order valence-corrected chi connectivity index (χ4v) is 2.07. The van der Waals surface area contributed by atoms with Crippen molar-refractivity contribution in [1.29, 1.82) is 0 Å². The number of aryl methyl sites for hydroxylation is 1. The van der Waals surface area contributed by atoms with Gasteiger partial charge in [0.15, 0.2) is 0 Å². The average Bonchev–Trinajstić information content (AvgIpc) is 2.63. The van der Waals surface area contributed by atoms with Crippen LogP contribution in [0.5, 0.6) is 11.5 Å². The molecule has 0 fully saturated rings. The molecule has 2 rings (SSSR count). The summed E-state index contributed by atoms with van der Waals surface area (Å²) < 4.78 is 15.5. The van der Waals surface area contributed by atoms with Gasteiger partial charge in [-0.1, -0.05) is 12.1 Å². The predicted molar refractivity (Wildman–Crippen MR) is 93.0 cm³/mol. The number of amides is 1. The van der Waals surface area contributed by atoms with Crippen molar-refractivity contribution >= 4 is 11.9 Å². The van der Waals surface area contributed by atoms with Crippen molar-refractivity contribution < 1.29 is 23.8 Å². The number of carbonyl (C=O) groups excluding carboxylic acids is 2. The van der Waals surface area contributed by atoms with Gasteiger partial charge in [-0.25, -0.2) is 0 Å². The van der Waals surface area contributed by atoms with Gasteiger partial charge in [0.25, 0.3) is 5.91 Å². The van der Waals surface area contributed by atoms with E-state index < -0.39 is 5.97 Å². The van der Waals surface area contributed by atoms with Crippen LogP contribution in [-0.2, 0) is 9.53 Å². The molecule has 0 aliphatic rings. The molecular formula is C19H21NO5. The second kappa shape index (κ2) is 9.32. The number of ether oxygens (including phenoxy) is 3. The normalized spacial score (nSPS) is 10.0. The van der Waals surface area contributed by atoms with Gasteiger partial charge in [-0.15, -0.1) is 0 Å². The molecule has 0 atom stereocenters. The zero-order chi connectivity index (χ0) is 18.1. The Labute approximate surface area is 146 Å². The molecule has 2 aromatic rings. The lowest BCUT2D eigenvalue weighted by molar-refractivity contribution is -0.143. The molecule has 1 N–H and O–H groups in total. The van der Waals surface area contributed by atoms with Gasteiger partial charge in [0.2, 0.25) is 0 Å². The van der Waals surface area contributed by atoms with Gasteiger partial charge in [0, 0.05) is 5.56 Å². The predicted octanol–water partition coefficient (Wildman–Crippen LogP) is 2.36. The molecule has 6 heteroatoms. The first-order valence-corrected chi connectivity index (χ1v) is 7.86. The molecule has 0 saturated carbocycles. The van der Waals surface area contributed by atoms with Crippen LogP contribution in [0.2, 0.25) is 0 Å². The fraction of sp³-hybridized carbons (Fsp3) is 0.263. The summed E-state index contributed by atoms with van der Waals surface area (Å²) in [6, 6.07) is 14.2. The minimum Gasteiger partial charge on any atom is -0.497 e. The summed E-state index contributed by atoms with van der Waals surface area (Å²) >= 11 is 0. The molecule has 25 heavy (non-hydrogen) atoms. The van der Waals surface area contributed by atoms with Gasteiger partial charge in [0.1, 0.15) is 31.3 Å². The van der Waals surface area contributed by atoms with Crippen LogP contribution in [0.1, 0.15) is 15.9 Å². The summed E-state index contributed by atoms with van der Waals surface area (Å²) in [5, 5.41) is 2.51. The van der Waals surface area contributed by atoms with E-state index in [1.807, 2.05) is 31.2 Å². The molecule has 2 aromatic carbocycles. The number of methoxy groups -OCH3 is 1. The van der Waals surface area contributed by atoms with E-state index in [1.54, 1.807) is 31.4 Å². The smallest absolute Gasteiger partial charge is 0.325 e. The van der Waals surface area contributed by atoms with E-state index in [0.29, 0.717) is 11.3 Å². The van der Waals surface area contributed by atoms with Crippen LogP contribution in [0.3, 0.4) is 0 Å². The first-order valence-electron chi connectivity index (χ1n) is 7.86. The van der Waals surface area contributed by atoms with Crippen LogP contribution < -0.4 is 14.8 Å². The van der Waals surface area contributed by atoms with Crippen LogP contribution in [0.25, 0.3) is 0 Å². The van der Waals surface area contributed by atoms with Crippen molar-refractivity contribution in [2.45, 2.75) is 6.92 Å². The molecule has 0 radical (unpaired) electrons. The van der Waals surface area contributed by atoms with Gasteiger partial charge in [-0.05, 0) is 48.9 Å². The van der Waals surface area contributed by atoms with Crippen molar-refractivity contribution in [3.8, 4) is 11.5 Å². The zero-order valence-electron chi connectivity index (χ0n) is 14.3. The largest absolute Gasteiger partial charge is 0.497 e. The topological polar surface area (TPSA) is 73.9 Å². The highest BCUT2D eigenvalue weighted by Crippen LogP contribution is 2.12. The Morgan fingerprint density at radius 1 is 1.00 bits per heavy atom. The Morgan fingerprint density at radius 3 is 2.44 bits per heavy atom. The third-order valence-electron chi connectivity index (χ3n) is 3.35. The highest BCUT2D eigenvalue weighted by atomic mass is 16.6. The number of nitrogens with one attached hydrogen (secondary N) is 1. The third-order valence-corrected chi connectivity index (χ3v) is 3.35. The first kappa shape index (κ1) is 18.3. The summed E-state index contributed by atoms with van der Waals surface area (Å²) in [6.45, 7) is 2.14. The van der Waals surface area contributed by atoms with Crippen LogP contribution >= 0.6 is 0 Å². The van der Waals surface area contributed by atoms with E-state index in [9.17, 15) is 9.59 Å². The second-order valence-electron chi connectivity index (χ2n) is 5.30. The summed E-state index contributed by atoms with van der Waals surface area (Å²) in [4.78, 5) is 23.5. The maximum absolute atomic E-state index is 11.9. The van der Waals surface area contributed by atoms with E-state index in [0.717, 1.165) is 11.3 Å². The van der Waals surface area contributed by atoms with Crippen LogP contribution in [-0.4, -0.2) is 38.7 Å². The van der Waals surface area contributed by atoms with Crippen LogP contribution in [0, 0.1) is 6.92 Å². The molecule has 0 heterocycles. The number of hydrogen-bond acceptors (Lipinski definition) is 5. The lowest BCUT2D eigenvalue weighted by Crippen LogP contribution is -2.31. The van der Waals surface area contributed by atoms with E-state index in [1.165, 1.54) is 0 Å². The van der Waals surface area contributed by atoms with E-state index in [-0.39, 0.29) is 25.7 Å². The van der Waals surface area contributed by atoms with Crippen molar-refractivity contribution in [3.05, 3.63) is 59.7 Å². The van der Waals surface area contributed by atoms with E-state index >= 15 is 0 Å². The molecule has 0 aromatic heterocycles. The lowest BCUT2D eigenvalue weighted by atomic mass is 10.2. The molecule has 0 saturated heterocycles. The van der Waals surface area contributed by atoms with E-state index in [4.69, 9.17) is 14.2 Å². The molecule has 132 valence electrons. The molecular weight excluding hydrogens is 322 g/mol. The monoisotopic (exact) mass is 343 g/mol. The maximum atomic E-state index is 11.9. The van der Waals surface area contributed by atoms with Gasteiger partial charge < -0.3 is 19.5 Å². The quantitative estimate of drug-likeness (QED) is 0.588. The van der Waals surface area contributed by atoms with Crippen LogP contribution in [0.15, 0.2) is 48.5 Å². The molecule has 0 aliphatic heterocycles. The van der Waals surface area contributed by atoms with E-state index in [2.05, 4.69) is 5.32 Å². The zero-order valence-corrected chi connectivity index (χ0v) is 14.3. The maximum Gasteiger partial charge on any atom is 0.325 e. The SMILES string of the molecule is COc1ccc(C(=O)NCC(=O)OCCOc2cccc(C)c2)cc1. The summed E-state index contributed by atoms with van der Waals surface area (Å²) in [5.41, 5.74) is 1.53. The third kappa shape index (κ3) is 6.18. The van der Waals surface area contributed by atoms with Crippen molar-refractivity contribution in [2.24, 2.45) is 0 Å². The molecule has 0 aliphatic carbocycles. The van der Waals surface area contributed by atoms with Crippen molar-refractivity contribution in [1.82, 2.24) is 5.32 Å². The Morgan fingerprint density at radius 2 is 1.76 bits per heavy atom. The number of esters is 1. The average molecular weight is 343 g/mol. The minimum absolute atomic E-state index is 0.116. The number of hydrogen-bond donors (Lipinski definition) is 1. The second-order valence-corrected chi connectivity index (χ2v) is 5.30. The highest BCUT2D eigenvalue weighted by molar-refractivity contribution is 5.96. The number of rotatable bonds is 8. The van der Waals surface area contributed by atoms with Gasteiger partial charge >= 0.3 is 5.97 Å². The lowest BCUT2D eigenvalue weighted by Gasteiger charge is -2.09. The molecule has 0 bridgehead atoms. The Hall–Kier alpha value is -3.02. The summed E-state index contributed by atoms with van der Waals surface area (Å²) in [6.07, 6.45) is 0. The van der Waals surface area contributed by atoms with Crippen molar-refractivity contribution in [2.75, 3.05) is 26.9 Å². The summed E-state index contributed by atoms with van der Waals surface area (Å²) in [5.74, 6) is 0.513. The fourth-order valence-electron chi connectivity index (χ4n) is 2.07.